The predicted molar refractivity (Wildman–Crippen MR) is 76.6 cm³/mol. The molecule has 1 unspecified atom stereocenters. The van der Waals surface area contributed by atoms with Crippen molar-refractivity contribution in [2.24, 2.45) is 11.7 Å². The zero-order chi connectivity index (χ0) is 13.3. The predicted octanol–water partition coefficient (Wildman–Crippen LogP) is 3.81. The molecule has 1 saturated carbocycles. The number of nitrogens with two attached hydrogens (primary N) is 1. The van der Waals surface area contributed by atoms with Gasteiger partial charge < -0.3 is 10.5 Å². The number of ether oxygens (including phenoxy) is 1. The van der Waals surface area contributed by atoms with E-state index in [1.54, 1.807) is 7.11 Å². The fourth-order valence-corrected chi connectivity index (χ4v) is 3.02. The summed E-state index contributed by atoms with van der Waals surface area (Å²) in [5.41, 5.74) is 9.29. The van der Waals surface area contributed by atoms with E-state index in [-0.39, 0.29) is 0 Å². The van der Waals surface area contributed by atoms with Crippen molar-refractivity contribution in [2.75, 3.05) is 13.7 Å². The molecule has 0 heterocycles. The fourth-order valence-electron chi connectivity index (χ4n) is 2.86. The summed E-state index contributed by atoms with van der Waals surface area (Å²) in [6.07, 6.45) is 3.62. The van der Waals surface area contributed by atoms with E-state index < -0.39 is 0 Å². The largest absolute Gasteiger partial charge is 0.496 e. The standard InChI is InChI=1S/C15H22ClNO/c1-9-8-13(18-3)14(10(2)15(9)16)12(6-7-17)11-4-5-11/h8,11-12H,4-7,17H2,1-3H3. The normalized spacial score (nSPS) is 16.7. The highest BCUT2D eigenvalue weighted by Crippen LogP contribution is 2.49. The molecule has 2 nitrogen and oxygen atoms in total. The lowest BCUT2D eigenvalue weighted by molar-refractivity contribution is 0.399. The van der Waals surface area contributed by atoms with Gasteiger partial charge in [-0.25, -0.2) is 0 Å². The first-order valence-corrected chi connectivity index (χ1v) is 7.01. The molecule has 2 rings (SSSR count). The number of hydrogen-bond donors (Lipinski definition) is 1. The smallest absolute Gasteiger partial charge is 0.122 e. The van der Waals surface area contributed by atoms with Gasteiger partial charge in [-0.2, -0.15) is 0 Å². The van der Waals surface area contributed by atoms with E-state index >= 15 is 0 Å². The lowest BCUT2D eigenvalue weighted by Crippen LogP contribution is -2.12. The Hall–Kier alpha value is -0.730. The molecular weight excluding hydrogens is 246 g/mol. The molecular formula is C15H22ClNO. The number of hydrogen-bond acceptors (Lipinski definition) is 2. The van der Waals surface area contributed by atoms with Crippen molar-refractivity contribution < 1.29 is 4.74 Å². The third-order valence-electron chi connectivity index (χ3n) is 3.95. The summed E-state index contributed by atoms with van der Waals surface area (Å²) >= 11 is 6.39. The van der Waals surface area contributed by atoms with Gasteiger partial charge in [0.05, 0.1) is 7.11 Å². The highest BCUT2D eigenvalue weighted by Gasteiger charge is 2.34. The van der Waals surface area contributed by atoms with Crippen molar-refractivity contribution in [3.63, 3.8) is 0 Å². The second-order valence-corrected chi connectivity index (χ2v) is 5.65. The molecule has 0 radical (unpaired) electrons. The van der Waals surface area contributed by atoms with Crippen molar-refractivity contribution in [1.82, 2.24) is 0 Å². The molecule has 2 N–H and O–H groups in total. The zero-order valence-corrected chi connectivity index (χ0v) is 12.2. The Morgan fingerprint density at radius 3 is 2.61 bits per heavy atom. The van der Waals surface area contributed by atoms with Crippen LogP contribution in [0.25, 0.3) is 0 Å². The van der Waals surface area contributed by atoms with Gasteiger partial charge in [-0.05, 0) is 68.7 Å². The van der Waals surface area contributed by atoms with Gasteiger partial charge in [0.2, 0.25) is 0 Å². The van der Waals surface area contributed by atoms with Gasteiger partial charge in [0.1, 0.15) is 5.75 Å². The van der Waals surface area contributed by atoms with E-state index in [1.165, 1.54) is 24.0 Å². The van der Waals surface area contributed by atoms with Crippen molar-refractivity contribution in [3.8, 4) is 5.75 Å². The first-order chi connectivity index (χ1) is 8.60. The van der Waals surface area contributed by atoms with Crippen LogP contribution in [0.3, 0.4) is 0 Å². The number of rotatable bonds is 5. The van der Waals surface area contributed by atoms with Crippen LogP contribution < -0.4 is 10.5 Å². The molecule has 1 aromatic carbocycles. The van der Waals surface area contributed by atoms with Crippen LogP contribution in [0, 0.1) is 19.8 Å². The lowest BCUT2D eigenvalue weighted by Gasteiger charge is -2.23. The highest BCUT2D eigenvalue weighted by atomic mass is 35.5. The Kier molecular flexibility index (Phi) is 4.18. The maximum absolute atomic E-state index is 6.39. The van der Waals surface area contributed by atoms with Gasteiger partial charge in [-0.1, -0.05) is 11.6 Å². The van der Waals surface area contributed by atoms with Crippen molar-refractivity contribution >= 4 is 11.6 Å². The molecule has 0 spiro atoms. The molecule has 0 amide bonds. The molecule has 100 valence electrons. The van der Waals surface area contributed by atoms with Gasteiger partial charge in [0, 0.05) is 10.6 Å². The monoisotopic (exact) mass is 267 g/mol. The van der Waals surface area contributed by atoms with E-state index in [9.17, 15) is 0 Å². The Bertz CT molecular complexity index is 441. The number of methoxy groups -OCH3 is 1. The number of halogens is 1. The van der Waals surface area contributed by atoms with E-state index in [2.05, 4.69) is 13.0 Å². The molecule has 0 aromatic heterocycles. The van der Waals surface area contributed by atoms with Crippen molar-refractivity contribution in [3.05, 3.63) is 27.8 Å². The second-order valence-electron chi connectivity index (χ2n) is 5.27. The van der Waals surface area contributed by atoms with Gasteiger partial charge in [0.25, 0.3) is 0 Å². The van der Waals surface area contributed by atoms with E-state index in [0.717, 1.165) is 35.2 Å². The van der Waals surface area contributed by atoms with Crippen LogP contribution >= 0.6 is 11.6 Å². The molecule has 1 aliphatic rings. The summed E-state index contributed by atoms with van der Waals surface area (Å²) in [4.78, 5) is 0. The van der Waals surface area contributed by atoms with E-state index in [0.29, 0.717) is 5.92 Å². The summed E-state index contributed by atoms with van der Waals surface area (Å²) < 4.78 is 5.57. The third kappa shape index (κ3) is 2.50. The minimum Gasteiger partial charge on any atom is -0.496 e. The van der Waals surface area contributed by atoms with Crippen LogP contribution in [-0.4, -0.2) is 13.7 Å². The molecule has 1 aliphatic carbocycles. The molecule has 0 saturated heterocycles. The van der Waals surface area contributed by atoms with Crippen molar-refractivity contribution in [1.29, 1.82) is 0 Å². The fraction of sp³-hybridized carbons (Fsp3) is 0.600. The van der Waals surface area contributed by atoms with Gasteiger partial charge in [-0.15, -0.1) is 0 Å². The van der Waals surface area contributed by atoms with E-state index in [1.807, 2.05) is 6.92 Å². The first-order valence-electron chi connectivity index (χ1n) is 6.63. The van der Waals surface area contributed by atoms with Crippen LogP contribution in [0.2, 0.25) is 5.02 Å². The highest BCUT2D eigenvalue weighted by molar-refractivity contribution is 6.32. The number of aryl methyl sites for hydroxylation is 1. The lowest BCUT2D eigenvalue weighted by atomic mass is 9.86. The van der Waals surface area contributed by atoms with Gasteiger partial charge in [-0.3, -0.25) is 0 Å². The first kappa shape index (κ1) is 13.7. The van der Waals surface area contributed by atoms with Crippen LogP contribution in [0.1, 0.15) is 41.9 Å². The Balaban J connectivity index is 2.49. The average Bonchev–Trinajstić information content (AvgIpc) is 3.18. The Labute approximate surface area is 114 Å². The topological polar surface area (TPSA) is 35.2 Å². The van der Waals surface area contributed by atoms with Crippen LogP contribution in [0.4, 0.5) is 0 Å². The molecule has 3 heteroatoms. The van der Waals surface area contributed by atoms with Gasteiger partial charge >= 0.3 is 0 Å². The zero-order valence-electron chi connectivity index (χ0n) is 11.4. The maximum atomic E-state index is 6.39. The number of benzene rings is 1. The average molecular weight is 268 g/mol. The second kappa shape index (κ2) is 5.50. The summed E-state index contributed by atoms with van der Waals surface area (Å²) in [6, 6.07) is 2.05. The molecule has 0 bridgehead atoms. The minimum atomic E-state index is 0.503. The van der Waals surface area contributed by atoms with Crippen LogP contribution in [0.5, 0.6) is 5.75 Å². The Morgan fingerprint density at radius 2 is 2.11 bits per heavy atom. The van der Waals surface area contributed by atoms with Crippen molar-refractivity contribution in [2.45, 2.75) is 39.0 Å². The summed E-state index contributed by atoms with van der Waals surface area (Å²) in [5.74, 6) is 2.24. The van der Waals surface area contributed by atoms with E-state index in [4.69, 9.17) is 22.1 Å². The molecule has 0 aliphatic heterocycles. The summed E-state index contributed by atoms with van der Waals surface area (Å²) in [6.45, 7) is 4.84. The van der Waals surface area contributed by atoms with Gasteiger partial charge in [0.15, 0.2) is 0 Å². The SMILES string of the molecule is COc1cc(C)c(Cl)c(C)c1C(CCN)C1CC1. The molecule has 1 aromatic rings. The quantitative estimate of drug-likeness (QED) is 0.881. The minimum absolute atomic E-state index is 0.503. The van der Waals surface area contributed by atoms with Crippen LogP contribution in [0.15, 0.2) is 6.07 Å². The summed E-state index contributed by atoms with van der Waals surface area (Å²) in [7, 11) is 1.73. The molecule has 18 heavy (non-hydrogen) atoms. The molecule has 1 fully saturated rings. The summed E-state index contributed by atoms with van der Waals surface area (Å²) in [5, 5.41) is 0.869. The third-order valence-corrected chi connectivity index (χ3v) is 4.53. The molecule has 1 atom stereocenters. The van der Waals surface area contributed by atoms with Crippen LogP contribution in [-0.2, 0) is 0 Å². The maximum Gasteiger partial charge on any atom is 0.122 e. The Morgan fingerprint density at radius 1 is 1.44 bits per heavy atom.